The molecule has 0 aromatic heterocycles. The van der Waals surface area contributed by atoms with E-state index in [-0.39, 0.29) is 17.2 Å². The molecule has 28 heavy (non-hydrogen) atoms. The van der Waals surface area contributed by atoms with Gasteiger partial charge in [-0.25, -0.2) is 0 Å². The van der Waals surface area contributed by atoms with Crippen molar-refractivity contribution < 1.29 is 4.74 Å². The average Bonchev–Trinajstić information content (AvgIpc) is 2.73. The van der Waals surface area contributed by atoms with Crippen molar-refractivity contribution in [2.45, 2.75) is 19.8 Å². The Bertz CT molecular complexity index is 925. The molecule has 2 aliphatic rings. The van der Waals surface area contributed by atoms with Gasteiger partial charge in [0.2, 0.25) is 0 Å². The minimum Gasteiger partial charge on any atom is -0.494 e. The fourth-order valence-electron chi connectivity index (χ4n) is 4.31. The van der Waals surface area contributed by atoms with E-state index in [0.29, 0.717) is 13.2 Å². The van der Waals surface area contributed by atoms with Crippen LogP contribution in [0.25, 0.3) is 0 Å². The van der Waals surface area contributed by atoms with E-state index in [1.54, 1.807) is 0 Å². The van der Waals surface area contributed by atoms with Gasteiger partial charge in [0.15, 0.2) is 5.41 Å². The van der Waals surface area contributed by atoms with Gasteiger partial charge >= 0.3 is 0 Å². The Labute approximate surface area is 165 Å². The number of fused-ring (bicyclic) bond motifs is 1. The second kappa shape index (κ2) is 7.77. The largest absolute Gasteiger partial charge is 0.494 e. The fraction of sp³-hybridized carbons (Fsp3) is 0.409. The number of hydrogen-bond acceptors (Lipinski definition) is 6. The first kappa shape index (κ1) is 19.5. The molecular weight excluding hydrogens is 350 g/mol. The van der Waals surface area contributed by atoms with Crippen LogP contribution in [-0.2, 0) is 0 Å². The lowest BCUT2D eigenvalue weighted by atomic mass is 9.58. The molecule has 2 N–H and O–H groups in total. The summed E-state index contributed by atoms with van der Waals surface area (Å²) in [5, 5.41) is 29.8. The van der Waals surface area contributed by atoms with Crippen molar-refractivity contribution in [1.29, 1.82) is 15.8 Å². The Morgan fingerprint density at radius 2 is 1.86 bits per heavy atom. The predicted octanol–water partition coefficient (Wildman–Crippen LogP) is 2.83. The zero-order valence-electron chi connectivity index (χ0n) is 16.1. The van der Waals surface area contributed by atoms with Gasteiger partial charge in [0.1, 0.15) is 11.8 Å². The zero-order chi connectivity index (χ0) is 20.3. The SMILES string of the molecule is CCOc1ccc([C@@H]2[C@H]3CN(CC)CC=C3C(C#N)=C(N)C2(C#N)C#N)cc1. The molecule has 6 heteroatoms. The van der Waals surface area contributed by atoms with Crippen LogP contribution in [0, 0.1) is 45.3 Å². The maximum atomic E-state index is 10.1. The maximum Gasteiger partial charge on any atom is 0.191 e. The lowest BCUT2D eigenvalue weighted by Crippen LogP contribution is -2.48. The van der Waals surface area contributed by atoms with E-state index in [1.165, 1.54) is 0 Å². The third-order valence-corrected chi connectivity index (χ3v) is 5.74. The summed E-state index contributed by atoms with van der Waals surface area (Å²) in [7, 11) is 0. The summed E-state index contributed by atoms with van der Waals surface area (Å²) < 4.78 is 5.52. The van der Waals surface area contributed by atoms with Crippen molar-refractivity contribution in [3.8, 4) is 24.0 Å². The first-order valence-corrected chi connectivity index (χ1v) is 9.44. The molecule has 3 rings (SSSR count). The number of nitrogens with zero attached hydrogens (tertiary/aromatic N) is 4. The Balaban J connectivity index is 2.22. The van der Waals surface area contributed by atoms with E-state index in [1.807, 2.05) is 37.3 Å². The van der Waals surface area contributed by atoms with Gasteiger partial charge in [-0.05, 0) is 36.7 Å². The summed E-state index contributed by atoms with van der Waals surface area (Å²) in [4.78, 5) is 2.24. The van der Waals surface area contributed by atoms with Crippen LogP contribution in [-0.4, -0.2) is 31.1 Å². The average molecular weight is 373 g/mol. The molecular formula is C22H23N5O. The van der Waals surface area contributed by atoms with Crippen molar-refractivity contribution in [2.24, 2.45) is 17.1 Å². The van der Waals surface area contributed by atoms with Crippen molar-refractivity contribution in [2.75, 3.05) is 26.2 Å². The van der Waals surface area contributed by atoms with Gasteiger partial charge in [-0.2, -0.15) is 15.8 Å². The van der Waals surface area contributed by atoms with E-state index in [4.69, 9.17) is 10.5 Å². The maximum absolute atomic E-state index is 10.1. The van der Waals surface area contributed by atoms with Gasteiger partial charge in [0.25, 0.3) is 0 Å². The van der Waals surface area contributed by atoms with E-state index >= 15 is 0 Å². The second-order valence-electron chi connectivity index (χ2n) is 7.03. The first-order chi connectivity index (χ1) is 13.6. The van der Waals surface area contributed by atoms with Crippen LogP contribution in [0.2, 0.25) is 0 Å². The molecule has 0 fully saturated rings. The fourth-order valence-corrected chi connectivity index (χ4v) is 4.31. The molecule has 1 aromatic rings. The standard InChI is InChI=1S/C22H23N5O/c1-3-27-10-9-17-18(11-23)21(26)22(13-24,14-25)20(19(17)12-27)15-5-7-16(8-6-15)28-4-2/h5-9,19-20H,3-4,10,12,26H2,1-2H3/t19-,20+/m0/s1. The van der Waals surface area contributed by atoms with E-state index in [9.17, 15) is 15.8 Å². The highest BCUT2D eigenvalue weighted by Gasteiger charge is 2.54. The Kier molecular flexibility index (Phi) is 5.41. The second-order valence-corrected chi connectivity index (χ2v) is 7.03. The van der Waals surface area contributed by atoms with Crippen LogP contribution in [0.3, 0.4) is 0 Å². The summed E-state index contributed by atoms with van der Waals surface area (Å²) >= 11 is 0. The van der Waals surface area contributed by atoms with Gasteiger partial charge in [-0.1, -0.05) is 25.1 Å². The quantitative estimate of drug-likeness (QED) is 0.869. The topological polar surface area (TPSA) is 110 Å². The lowest BCUT2D eigenvalue weighted by molar-refractivity contribution is 0.214. The summed E-state index contributed by atoms with van der Waals surface area (Å²) in [5.74, 6) is 0.112. The minimum atomic E-state index is -1.59. The molecule has 2 atom stereocenters. The smallest absolute Gasteiger partial charge is 0.191 e. The summed E-state index contributed by atoms with van der Waals surface area (Å²) in [5.41, 5.74) is 6.76. The molecule has 1 aliphatic carbocycles. The van der Waals surface area contributed by atoms with Crippen molar-refractivity contribution in [3.63, 3.8) is 0 Å². The van der Waals surface area contributed by atoms with E-state index < -0.39 is 11.3 Å². The molecule has 6 nitrogen and oxygen atoms in total. The number of nitrogens with two attached hydrogens (primary N) is 1. The molecule has 1 aromatic carbocycles. The van der Waals surface area contributed by atoms with E-state index in [2.05, 4.69) is 30.0 Å². The molecule has 142 valence electrons. The van der Waals surface area contributed by atoms with Crippen LogP contribution < -0.4 is 10.5 Å². The number of hydrogen-bond donors (Lipinski definition) is 1. The van der Waals surface area contributed by atoms with Crippen molar-refractivity contribution in [1.82, 2.24) is 4.90 Å². The molecule has 0 saturated carbocycles. The highest BCUT2D eigenvalue weighted by molar-refractivity contribution is 5.59. The van der Waals surface area contributed by atoms with Crippen molar-refractivity contribution >= 4 is 0 Å². The van der Waals surface area contributed by atoms with Crippen molar-refractivity contribution in [3.05, 3.63) is 52.7 Å². The number of nitriles is 3. The number of likely N-dealkylation sites (N-methyl/N-ethyl adjacent to an activating group) is 1. The van der Waals surface area contributed by atoms with Gasteiger partial charge in [0, 0.05) is 24.9 Å². The third-order valence-electron chi connectivity index (χ3n) is 5.74. The van der Waals surface area contributed by atoms with Gasteiger partial charge in [-0.3, -0.25) is 4.90 Å². The highest BCUT2D eigenvalue weighted by Crippen LogP contribution is 2.54. The lowest BCUT2D eigenvalue weighted by Gasteiger charge is -2.45. The monoisotopic (exact) mass is 373 g/mol. The molecule has 0 amide bonds. The van der Waals surface area contributed by atoms with Crippen LogP contribution >= 0.6 is 0 Å². The highest BCUT2D eigenvalue weighted by atomic mass is 16.5. The molecule has 0 bridgehead atoms. The predicted molar refractivity (Wildman–Crippen MR) is 105 cm³/mol. The normalized spacial score (nSPS) is 23.6. The summed E-state index contributed by atoms with van der Waals surface area (Å²) in [6.07, 6.45) is 2.02. The zero-order valence-corrected chi connectivity index (χ0v) is 16.1. The Morgan fingerprint density at radius 3 is 2.39 bits per heavy atom. The molecule has 0 radical (unpaired) electrons. The number of rotatable bonds is 4. The minimum absolute atomic E-state index is 0.0614. The molecule has 1 aliphatic heterocycles. The van der Waals surface area contributed by atoms with Crippen LogP contribution in [0.5, 0.6) is 5.75 Å². The number of benzene rings is 1. The number of ether oxygens (including phenoxy) is 1. The Morgan fingerprint density at radius 1 is 1.18 bits per heavy atom. The molecule has 1 heterocycles. The molecule has 0 unspecified atom stereocenters. The van der Waals surface area contributed by atoms with Gasteiger partial charge in [-0.15, -0.1) is 0 Å². The van der Waals surface area contributed by atoms with Crippen LogP contribution in [0.15, 0.2) is 47.2 Å². The van der Waals surface area contributed by atoms with E-state index in [0.717, 1.165) is 30.0 Å². The van der Waals surface area contributed by atoms with Gasteiger partial charge in [0.05, 0.1) is 30.0 Å². The van der Waals surface area contributed by atoms with Crippen LogP contribution in [0.1, 0.15) is 25.3 Å². The third kappa shape index (κ3) is 2.91. The number of allylic oxidation sites excluding steroid dienone is 2. The molecule has 0 spiro atoms. The molecule has 0 saturated heterocycles. The van der Waals surface area contributed by atoms with Crippen LogP contribution in [0.4, 0.5) is 0 Å². The Hall–Kier alpha value is -3.27. The summed E-state index contributed by atoms with van der Waals surface area (Å²) in [6.45, 7) is 6.80. The summed E-state index contributed by atoms with van der Waals surface area (Å²) in [6, 6.07) is 14.0. The van der Waals surface area contributed by atoms with Gasteiger partial charge < -0.3 is 10.5 Å². The first-order valence-electron chi connectivity index (χ1n) is 9.44.